The maximum Gasteiger partial charge on any atom is 0.171 e. The number of benzene rings is 1. The SMILES string of the molecule is CC1(C(=O)c2ccc(Br)cc2)CNC1. The number of carbonyl (C=O) groups excluding carboxylic acids is 1. The van der Waals surface area contributed by atoms with E-state index in [9.17, 15) is 4.79 Å². The van der Waals surface area contributed by atoms with Crippen molar-refractivity contribution >= 4 is 21.7 Å². The largest absolute Gasteiger partial charge is 0.315 e. The third-order valence-electron chi connectivity index (χ3n) is 2.68. The molecule has 0 spiro atoms. The monoisotopic (exact) mass is 253 g/mol. The Morgan fingerprint density at radius 3 is 2.36 bits per heavy atom. The zero-order valence-electron chi connectivity index (χ0n) is 8.01. The van der Waals surface area contributed by atoms with Crippen molar-refractivity contribution < 1.29 is 4.79 Å². The minimum absolute atomic E-state index is 0.187. The van der Waals surface area contributed by atoms with E-state index in [1.807, 2.05) is 31.2 Å². The quantitative estimate of drug-likeness (QED) is 0.820. The van der Waals surface area contributed by atoms with Crippen LogP contribution in [0.1, 0.15) is 17.3 Å². The van der Waals surface area contributed by atoms with Gasteiger partial charge in [0.25, 0.3) is 0 Å². The Morgan fingerprint density at radius 2 is 1.93 bits per heavy atom. The first-order valence-corrected chi connectivity index (χ1v) is 5.42. The molecule has 0 unspecified atom stereocenters. The van der Waals surface area contributed by atoms with Crippen molar-refractivity contribution in [1.82, 2.24) is 5.32 Å². The number of hydrogen-bond acceptors (Lipinski definition) is 2. The van der Waals surface area contributed by atoms with Crippen LogP contribution in [-0.4, -0.2) is 18.9 Å². The van der Waals surface area contributed by atoms with E-state index >= 15 is 0 Å². The van der Waals surface area contributed by atoms with Crippen LogP contribution in [0.25, 0.3) is 0 Å². The standard InChI is InChI=1S/C11H12BrNO/c1-11(6-13-7-11)10(14)8-2-4-9(12)5-3-8/h2-5,13H,6-7H2,1H3. The highest BCUT2D eigenvalue weighted by molar-refractivity contribution is 9.10. The highest BCUT2D eigenvalue weighted by atomic mass is 79.9. The number of ketones is 1. The molecule has 0 aromatic heterocycles. The zero-order chi connectivity index (χ0) is 10.2. The Hall–Kier alpha value is -0.670. The van der Waals surface area contributed by atoms with Crippen molar-refractivity contribution in [2.45, 2.75) is 6.92 Å². The molecule has 1 aliphatic rings. The van der Waals surface area contributed by atoms with Crippen LogP contribution in [0.4, 0.5) is 0 Å². The third-order valence-corrected chi connectivity index (χ3v) is 3.21. The lowest BCUT2D eigenvalue weighted by molar-refractivity contribution is 0.0721. The van der Waals surface area contributed by atoms with Gasteiger partial charge in [0.15, 0.2) is 5.78 Å². The molecule has 14 heavy (non-hydrogen) atoms. The molecule has 1 aromatic rings. The van der Waals surface area contributed by atoms with Gasteiger partial charge >= 0.3 is 0 Å². The Bertz CT molecular complexity index is 354. The molecular weight excluding hydrogens is 242 g/mol. The van der Waals surface area contributed by atoms with Crippen molar-refractivity contribution in [1.29, 1.82) is 0 Å². The van der Waals surface area contributed by atoms with Crippen molar-refractivity contribution in [2.75, 3.05) is 13.1 Å². The van der Waals surface area contributed by atoms with E-state index in [0.29, 0.717) is 0 Å². The van der Waals surface area contributed by atoms with Gasteiger partial charge in [0, 0.05) is 23.1 Å². The first-order chi connectivity index (χ1) is 6.62. The smallest absolute Gasteiger partial charge is 0.171 e. The van der Waals surface area contributed by atoms with Crippen molar-refractivity contribution in [3.63, 3.8) is 0 Å². The molecule has 0 saturated carbocycles. The van der Waals surface area contributed by atoms with Crippen LogP contribution in [0.15, 0.2) is 28.7 Å². The molecule has 1 saturated heterocycles. The van der Waals surface area contributed by atoms with Gasteiger partial charge < -0.3 is 5.32 Å². The van der Waals surface area contributed by atoms with Gasteiger partial charge in [-0.2, -0.15) is 0 Å². The van der Waals surface area contributed by atoms with E-state index in [0.717, 1.165) is 23.1 Å². The van der Waals surface area contributed by atoms with E-state index in [2.05, 4.69) is 21.2 Å². The fraction of sp³-hybridized carbons (Fsp3) is 0.364. The second-order valence-electron chi connectivity index (χ2n) is 4.00. The number of rotatable bonds is 2. The number of carbonyl (C=O) groups is 1. The lowest BCUT2D eigenvalue weighted by atomic mass is 9.77. The van der Waals surface area contributed by atoms with Crippen molar-refractivity contribution in [2.24, 2.45) is 5.41 Å². The third kappa shape index (κ3) is 1.62. The molecule has 1 fully saturated rings. The average Bonchev–Trinajstić information content (AvgIpc) is 2.14. The minimum Gasteiger partial charge on any atom is -0.315 e. The second kappa shape index (κ2) is 3.48. The average molecular weight is 254 g/mol. The first kappa shape index (κ1) is 9.87. The molecule has 0 amide bonds. The van der Waals surface area contributed by atoms with Crippen LogP contribution in [-0.2, 0) is 0 Å². The maximum atomic E-state index is 12.0. The Labute approximate surface area is 91.8 Å². The number of halogens is 1. The molecule has 0 bridgehead atoms. The van der Waals surface area contributed by atoms with Gasteiger partial charge in [0.2, 0.25) is 0 Å². The lowest BCUT2D eigenvalue weighted by Gasteiger charge is -2.37. The van der Waals surface area contributed by atoms with Crippen LogP contribution >= 0.6 is 15.9 Å². The predicted molar refractivity (Wildman–Crippen MR) is 59.4 cm³/mol. The lowest BCUT2D eigenvalue weighted by Crippen LogP contribution is -2.56. The summed E-state index contributed by atoms with van der Waals surface area (Å²) in [7, 11) is 0. The Kier molecular flexibility index (Phi) is 2.45. The van der Waals surface area contributed by atoms with E-state index in [1.165, 1.54) is 0 Å². The molecule has 0 aliphatic carbocycles. The fourth-order valence-corrected chi connectivity index (χ4v) is 1.87. The summed E-state index contributed by atoms with van der Waals surface area (Å²) in [6.45, 7) is 3.59. The van der Waals surface area contributed by atoms with Gasteiger partial charge in [-0.1, -0.05) is 28.1 Å². The Balaban J connectivity index is 2.23. The summed E-state index contributed by atoms with van der Waals surface area (Å²) in [5.41, 5.74) is 0.616. The fourth-order valence-electron chi connectivity index (χ4n) is 1.61. The molecule has 1 aliphatic heterocycles. The molecule has 2 rings (SSSR count). The summed E-state index contributed by atoms with van der Waals surface area (Å²) in [6.07, 6.45) is 0. The van der Waals surface area contributed by atoms with Crippen LogP contribution in [0.2, 0.25) is 0 Å². The molecule has 74 valence electrons. The normalized spacial score (nSPS) is 18.7. The maximum absolute atomic E-state index is 12.0. The van der Waals surface area contributed by atoms with Gasteiger partial charge in [-0.05, 0) is 19.1 Å². The predicted octanol–water partition coefficient (Wildman–Crippen LogP) is 2.24. The molecule has 2 nitrogen and oxygen atoms in total. The van der Waals surface area contributed by atoms with Crippen molar-refractivity contribution in [3.8, 4) is 0 Å². The van der Waals surface area contributed by atoms with Crippen LogP contribution < -0.4 is 5.32 Å². The molecule has 0 atom stereocenters. The van der Waals surface area contributed by atoms with E-state index in [1.54, 1.807) is 0 Å². The van der Waals surface area contributed by atoms with Gasteiger partial charge in [-0.3, -0.25) is 4.79 Å². The summed E-state index contributed by atoms with van der Waals surface area (Å²) in [5, 5.41) is 3.13. The molecule has 1 aromatic carbocycles. The molecule has 1 heterocycles. The Morgan fingerprint density at radius 1 is 1.36 bits per heavy atom. The van der Waals surface area contributed by atoms with Gasteiger partial charge in [0.1, 0.15) is 0 Å². The molecule has 0 radical (unpaired) electrons. The van der Waals surface area contributed by atoms with E-state index in [-0.39, 0.29) is 11.2 Å². The molecule has 1 N–H and O–H groups in total. The zero-order valence-corrected chi connectivity index (χ0v) is 9.60. The first-order valence-electron chi connectivity index (χ1n) is 4.63. The highest BCUT2D eigenvalue weighted by Crippen LogP contribution is 2.27. The number of nitrogens with one attached hydrogen (secondary N) is 1. The molecule has 3 heteroatoms. The summed E-state index contributed by atoms with van der Waals surface area (Å²) >= 11 is 3.35. The highest BCUT2D eigenvalue weighted by Gasteiger charge is 2.39. The summed E-state index contributed by atoms with van der Waals surface area (Å²) in [6, 6.07) is 7.55. The van der Waals surface area contributed by atoms with E-state index < -0.39 is 0 Å². The minimum atomic E-state index is -0.187. The van der Waals surface area contributed by atoms with Gasteiger partial charge in [-0.25, -0.2) is 0 Å². The second-order valence-corrected chi connectivity index (χ2v) is 4.92. The van der Waals surface area contributed by atoms with Gasteiger partial charge in [0.05, 0.1) is 5.41 Å². The van der Waals surface area contributed by atoms with Crippen LogP contribution in [0.5, 0.6) is 0 Å². The summed E-state index contributed by atoms with van der Waals surface area (Å²) in [4.78, 5) is 12.0. The topological polar surface area (TPSA) is 29.1 Å². The van der Waals surface area contributed by atoms with Crippen LogP contribution in [0, 0.1) is 5.41 Å². The van der Waals surface area contributed by atoms with Crippen molar-refractivity contribution in [3.05, 3.63) is 34.3 Å². The molecular formula is C11H12BrNO. The van der Waals surface area contributed by atoms with E-state index in [4.69, 9.17) is 0 Å². The number of Topliss-reactive ketones (excluding diaryl/α,β-unsaturated/α-hetero) is 1. The number of hydrogen-bond donors (Lipinski definition) is 1. The summed E-state index contributed by atoms with van der Waals surface area (Å²) in [5.74, 6) is 0.240. The summed E-state index contributed by atoms with van der Waals surface area (Å²) < 4.78 is 1.01. The van der Waals surface area contributed by atoms with Crippen LogP contribution in [0.3, 0.4) is 0 Å². The van der Waals surface area contributed by atoms with Gasteiger partial charge in [-0.15, -0.1) is 0 Å².